The summed E-state index contributed by atoms with van der Waals surface area (Å²) >= 11 is 0. The van der Waals surface area contributed by atoms with E-state index in [-0.39, 0.29) is 6.04 Å². The predicted molar refractivity (Wildman–Crippen MR) is 59.4 cm³/mol. The summed E-state index contributed by atoms with van der Waals surface area (Å²) in [6.45, 7) is 1.23. The second-order valence-electron chi connectivity index (χ2n) is 4.42. The highest BCUT2D eigenvalue weighted by Crippen LogP contribution is 2.35. The van der Waals surface area contributed by atoms with Gasteiger partial charge in [-0.2, -0.15) is 5.26 Å². The predicted octanol–water partition coefficient (Wildman–Crippen LogP) is 0.115. The van der Waals surface area contributed by atoms with Gasteiger partial charge in [0.1, 0.15) is 0 Å². The fourth-order valence-corrected chi connectivity index (χ4v) is 3.34. The topological polar surface area (TPSA) is 88.4 Å². The largest absolute Gasteiger partial charge is 0.348 e. The van der Waals surface area contributed by atoms with Crippen LogP contribution in [0.1, 0.15) is 25.7 Å². The van der Waals surface area contributed by atoms with E-state index in [1.54, 1.807) is 6.07 Å². The molecule has 0 aromatic heterocycles. The van der Waals surface area contributed by atoms with Crippen LogP contribution in [0.5, 0.6) is 0 Å². The highest BCUT2D eigenvalue weighted by atomic mass is 32.2. The summed E-state index contributed by atoms with van der Waals surface area (Å²) in [7, 11) is -3.46. The maximum Gasteiger partial charge on any atom is 0.225 e. The number of sulfonamides is 1. The molecule has 2 fully saturated rings. The number of hydrogen-bond acceptors (Lipinski definition) is 5. The quantitative estimate of drug-likeness (QED) is 0.778. The Hall–Kier alpha value is -0.680. The zero-order valence-corrected chi connectivity index (χ0v) is 10.3. The summed E-state index contributed by atoms with van der Waals surface area (Å²) in [6, 6.07) is 1.54. The lowest BCUT2D eigenvalue weighted by atomic mass is 9.91. The van der Waals surface area contributed by atoms with Gasteiger partial charge in [0, 0.05) is 18.9 Å². The Bertz CT molecular complexity index is 399. The van der Waals surface area contributed by atoms with Gasteiger partial charge in [-0.15, -0.1) is 0 Å². The van der Waals surface area contributed by atoms with Gasteiger partial charge in [-0.25, -0.2) is 13.1 Å². The molecule has 2 aliphatic rings. The van der Waals surface area contributed by atoms with Crippen molar-refractivity contribution < 1.29 is 17.9 Å². The van der Waals surface area contributed by atoms with E-state index >= 15 is 0 Å². The summed E-state index contributed by atoms with van der Waals surface area (Å²) in [5.41, 5.74) is 0. The first-order chi connectivity index (χ1) is 8.05. The molecule has 17 heavy (non-hydrogen) atoms. The van der Waals surface area contributed by atoms with Crippen molar-refractivity contribution in [2.45, 2.75) is 37.5 Å². The highest BCUT2D eigenvalue weighted by molar-refractivity contribution is 7.89. The molecule has 0 aromatic rings. The number of nitrogens with zero attached hydrogens (tertiary/aromatic N) is 1. The minimum absolute atomic E-state index is 0.105. The van der Waals surface area contributed by atoms with Crippen LogP contribution in [0.3, 0.4) is 0 Å². The molecule has 1 heterocycles. The number of rotatable bonds is 3. The summed E-state index contributed by atoms with van der Waals surface area (Å²) in [4.78, 5) is 0. The fraction of sp³-hybridized carbons (Fsp3) is 0.900. The Balaban J connectivity index is 1.85. The van der Waals surface area contributed by atoms with Crippen molar-refractivity contribution in [2.75, 3.05) is 19.0 Å². The molecule has 96 valence electrons. The number of ether oxygens (including phenoxy) is 2. The van der Waals surface area contributed by atoms with E-state index in [0.29, 0.717) is 38.9 Å². The molecule has 1 aliphatic heterocycles. The minimum Gasteiger partial charge on any atom is -0.348 e. The van der Waals surface area contributed by atoms with Crippen molar-refractivity contribution in [1.82, 2.24) is 4.72 Å². The third-order valence-electron chi connectivity index (χ3n) is 3.16. The first-order valence-corrected chi connectivity index (χ1v) is 7.35. The van der Waals surface area contributed by atoms with Gasteiger partial charge in [0.25, 0.3) is 0 Å². The van der Waals surface area contributed by atoms with Crippen LogP contribution in [0.25, 0.3) is 0 Å². The van der Waals surface area contributed by atoms with Crippen molar-refractivity contribution >= 4 is 10.0 Å². The molecule has 6 nitrogen and oxygen atoms in total. The van der Waals surface area contributed by atoms with Gasteiger partial charge in [-0.05, 0) is 12.8 Å². The van der Waals surface area contributed by atoms with E-state index < -0.39 is 21.6 Å². The average Bonchev–Trinajstić information content (AvgIpc) is 2.70. The van der Waals surface area contributed by atoms with Crippen LogP contribution in [0.4, 0.5) is 0 Å². The Morgan fingerprint density at radius 2 is 1.88 bits per heavy atom. The van der Waals surface area contributed by atoms with E-state index in [9.17, 15) is 8.42 Å². The number of nitriles is 1. The van der Waals surface area contributed by atoms with E-state index in [0.717, 1.165) is 0 Å². The normalized spacial score (nSPS) is 24.9. The van der Waals surface area contributed by atoms with Gasteiger partial charge >= 0.3 is 0 Å². The van der Waals surface area contributed by atoms with Crippen LogP contribution in [0.2, 0.25) is 0 Å². The SMILES string of the molecule is N#CCS(=O)(=O)NC1CCC2(CC1)OCCO2. The smallest absolute Gasteiger partial charge is 0.225 e. The molecule has 0 radical (unpaired) electrons. The summed E-state index contributed by atoms with van der Waals surface area (Å²) < 4.78 is 36.5. The van der Waals surface area contributed by atoms with Crippen LogP contribution < -0.4 is 4.72 Å². The van der Waals surface area contributed by atoms with Crippen LogP contribution in [0, 0.1) is 11.3 Å². The van der Waals surface area contributed by atoms with E-state index in [4.69, 9.17) is 14.7 Å². The van der Waals surface area contributed by atoms with Gasteiger partial charge in [0.2, 0.25) is 10.0 Å². The maximum atomic E-state index is 11.4. The molecular weight excluding hydrogens is 244 g/mol. The molecular formula is C10H16N2O4S. The van der Waals surface area contributed by atoms with Gasteiger partial charge in [0.05, 0.1) is 19.3 Å². The van der Waals surface area contributed by atoms with Crippen molar-refractivity contribution in [2.24, 2.45) is 0 Å². The molecule has 0 unspecified atom stereocenters. The first-order valence-electron chi connectivity index (χ1n) is 5.70. The second kappa shape index (κ2) is 4.90. The van der Waals surface area contributed by atoms with Crippen molar-refractivity contribution in [3.8, 4) is 6.07 Å². The molecule has 7 heteroatoms. The Kier molecular flexibility index (Phi) is 3.68. The maximum absolute atomic E-state index is 11.4. The number of hydrogen-bond donors (Lipinski definition) is 1. The van der Waals surface area contributed by atoms with E-state index in [1.165, 1.54) is 0 Å². The number of nitrogens with one attached hydrogen (secondary N) is 1. The molecule has 1 saturated heterocycles. The molecule has 0 bridgehead atoms. The zero-order chi connectivity index (χ0) is 12.4. The fourth-order valence-electron chi connectivity index (χ4n) is 2.34. The van der Waals surface area contributed by atoms with Gasteiger partial charge < -0.3 is 9.47 Å². The summed E-state index contributed by atoms with van der Waals surface area (Å²) in [6.07, 6.45) is 2.77. The van der Waals surface area contributed by atoms with E-state index in [2.05, 4.69) is 4.72 Å². The lowest BCUT2D eigenvalue weighted by Gasteiger charge is -2.35. The highest BCUT2D eigenvalue weighted by Gasteiger charge is 2.40. The minimum atomic E-state index is -3.46. The molecule has 1 saturated carbocycles. The molecule has 0 amide bonds. The van der Waals surface area contributed by atoms with Crippen molar-refractivity contribution in [1.29, 1.82) is 5.26 Å². The second-order valence-corrected chi connectivity index (χ2v) is 6.17. The van der Waals surface area contributed by atoms with Gasteiger partial charge in [-0.3, -0.25) is 0 Å². The molecule has 1 aliphatic carbocycles. The first kappa shape index (κ1) is 12.8. The van der Waals surface area contributed by atoms with Crippen LogP contribution in [-0.4, -0.2) is 39.2 Å². The molecule has 2 rings (SSSR count). The van der Waals surface area contributed by atoms with Crippen LogP contribution in [-0.2, 0) is 19.5 Å². The Labute approximate surface area is 101 Å². The Morgan fingerprint density at radius 1 is 1.29 bits per heavy atom. The summed E-state index contributed by atoms with van der Waals surface area (Å²) in [5.74, 6) is -0.960. The van der Waals surface area contributed by atoms with Crippen LogP contribution >= 0.6 is 0 Å². The molecule has 1 spiro atoms. The third kappa shape index (κ3) is 3.16. The Morgan fingerprint density at radius 3 is 2.41 bits per heavy atom. The lowest BCUT2D eigenvalue weighted by molar-refractivity contribution is -0.178. The third-order valence-corrected chi connectivity index (χ3v) is 4.36. The average molecular weight is 260 g/mol. The van der Waals surface area contributed by atoms with Crippen molar-refractivity contribution in [3.05, 3.63) is 0 Å². The lowest BCUT2D eigenvalue weighted by Crippen LogP contribution is -2.44. The van der Waals surface area contributed by atoms with Gasteiger partial charge in [0.15, 0.2) is 11.5 Å². The van der Waals surface area contributed by atoms with Crippen molar-refractivity contribution in [3.63, 3.8) is 0 Å². The van der Waals surface area contributed by atoms with E-state index in [1.807, 2.05) is 0 Å². The molecule has 0 aromatic carbocycles. The molecule has 0 atom stereocenters. The van der Waals surface area contributed by atoms with Gasteiger partial charge in [-0.1, -0.05) is 0 Å². The van der Waals surface area contributed by atoms with Crippen LogP contribution in [0.15, 0.2) is 0 Å². The molecule has 1 N–H and O–H groups in total. The summed E-state index contributed by atoms with van der Waals surface area (Å²) in [5, 5.41) is 8.39. The standard InChI is InChI=1S/C10H16N2O4S/c11-5-8-17(13,14)12-9-1-3-10(4-2-9)15-6-7-16-10/h9,12H,1-4,6-8H2. The monoisotopic (exact) mass is 260 g/mol. The zero-order valence-electron chi connectivity index (χ0n) is 9.52.